The maximum atomic E-state index is 3.85. The van der Waals surface area contributed by atoms with Gasteiger partial charge in [0, 0.05) is 5.33 Å². The van der Waals surface area contributed by atoms with Gasteiger partial charge in [0.2, 0.25) is 0 Å². The molecule has 0 amide bonds. The second kappa shape index (κ2) is 5.15. The molecule has 0 aliphatic heterocycles. The van der Waals surface area contributed by atoms with Crippen molar-refractivity contribution in [2.45, 2.75) is 4.32 Å². The third kappa shape index (κ3) is 2.23. The molecular weight excluding hydrogens is 328 g/mol. The molecule has 0 atom stereocenters. The van der Waals surface area contributed by atoms with Crippen LogP contribution in [0.3, 0.4) is 0 Å². The lowest BCUT2D eigenvalue weighted by Gasteiger charge is -2.26. The molecule has 0 nitrogen and oxygen atoms in total. The summed E-state index contributed by atoms with van der Waals surface area (Å²) < 4.78 is -0.143. The van der Waals surface area contributed by atoms with Gasteiger partial charge >= 0.3 is 0 Å². The lowest BCUT2D eigenvalue weighted by atomic mass is 9.93. The van der Waals surface area contributed by atoms with Gasteiger partial charge in [-0.15, -0.1) is 0 Å². The molecule has 82 valence electrons. The fraction of sp³-hybridized carbons (Fsp3) is 0.143. The predicted molar refractivity (Wildman–Crippen MR) is 76.4 cm³/mol. The summed E-state index contributed by atoms with van der Waals surface area (Å²) >= 11 is 7.45. The summed E-state index contributed by atoms with van der Waals surface area (Å²) in [6.07, 6.45) is 0. The second-order valence-corrected chi connectivity index (χ2v) is 5.58. The van der Waals surface area contributed by atoms with Crippen molar-refractivity contribution in [1.29, 1.82) is 0 Å². The summed E-state index contributed by atoms with van der Waals surface area (Å²) in [4.78, 5) is 0. The zero-order chi connectivity index (χ0) is 11.4. The van der Waals surface area contributed by atoms with Crippen LogP contribution in [0.5, 0.6) is 0 Å². The Labute approximate surface area is 113 Å². The fourth-order valence-corrected chi connectivity index (χ4v) is 2.90. The minimum absolute atomic E-state index is 0.143. The number of hydrogen-bond donors (Lipinski definition) is 0. The molecule has 2 aromatic rings. The fourth-order valence-electron chi connectivity index (χ4n) is 1.73. The first kappa shape index (κ1) is 11.9. The molecule has 2 heteroatoms. The number of benzene rings is 2. The van der Waals surface area contributed by atoms with Crippen molar-refractivity contribution in [3.8, 4) is 0 Å². The van der Waals surface area contributed by atoms with E-state index in [0.717, 1.165) is 5.33 Å². The van der Waals surface area contributed by atoms with Crippen LogP contribution < -0.4 is 0 Å². The van der Waals surface area contributed by atoms with Crippen molar-refractivity contribution >= 4 is 31.9 Å². The van der Waals surface area contributed by atoms with E-state index in [1.165, 1.54) is 11.1 Å². The van der Waals surface area contributed by atoms with Crippen LogP contribution in [0.1, 0.15) is 11.1 Å². The van der Waals surface area contributed by atoms with E-state index in [1.54, 1.807) is 0 Å². The number of halogens is 2. The zero-order valence-corrected chi connectivity index (χ0v) is 11.9. The molecule has 0 heterocycles. The molecule has 0 aromatic heterocycles. The molecule has 0 spiro atoms. The molecule has 2 rings (SSSR count). The van der Waals surface area contributed by atoms with Crippen LogP contribution in [-0.2, 0) is 4.32 Å². The lowest BCUT2D eigenvalue weighted by molar-refractivity contribution is 0.881. The minimum Gasteiger partial charge on any atom is -0.0905 e. The van der Waals surface area contributed by atoms with E-state index in [1.807, 2.05) is 12.1 Å². The quantitative estimate of drug-likeness (QED) is 0.710. The van der Waals surface area contributed by atoms with Crippen molar-refractivity contribution in [1.82, 2.24) is 0 Å². The van der Waals surface area contributed by atoms with E-state index in [-0.39, 0.29) is 4.32 Å². The average molecular weight is 340 g/mol. The molecule has 0 unspecified atom stereocenters. The summed E-state index contributed by atoms with van der Waals surface area (Å²) in [6, 6.07) is 20.9. The first-order chi connectivity index (χ1) is 7.77. The smallest absolute Gasteiger partial charge is 0.0851 e. The first-order valence-electron chi connectivity index (χ1n) is 5.13. The van der Waals surface area contributed by atoms with Gasteiger partial charge in [0.05, 0.1) is 4.32 Å². The Bertz CT molecular complexity index is 397. The largest absolute Gasteiger partial charge is 0.0905 e. The molecular formula is C14H12Br2. The average Bonchev–Trinajstić information content (AvgIpc) is 2.40. The van der Waals surface area contributed by atoms with Crippen molar-refractivity contribution in [2.75, 3.05) is 5.33 Å². The van der Waals surface area contributed by atoms with Crippen LogP contribution >= 0.6 is 31.9 Å². The van der Waals surface area contributed by atoms with Gasteiger partial charge in [-0.2, -0.15) is 0 Å². The summed E-state index contributed by atoms with van der Waals surface area (Å²) in [7, 11) is 0. The third-order valence-electron chi connectivity index (χ3n) is 2.65. The van der Waals surface area contributed by atoms with E-state index in [9.17, 15) is 0 Å². The van der Waals surface area contributed by atoms with Gasteiger partial charge in [0.15, 0.2) is 0 Å². The summed E-state index contributed by atoms with van der Waals surface area (Å²) in [5.74, 6) is 0. The molecule has 0 radical (unpaired) electrons. The second-order valence-electron chi connectivity index (χ2n) is 3.67. The molecule has 2 aromatic carbocycles. The van der Waals surface area contributed by atoms with Crippen molar-refractivity contribution in [2.24, 2.45) is 0 Å². The van der Waals surface area contributed by atoms with E-state index in [2.05, 4.69) is 80.4 Å². The Hall–Kier alpha value is -0.600. The highest BCUT2D eigenvalue weighted by Crippen LogP contribution is 2.39. The van der Waals surface area contributed by atoms with Crippen LogP contribution in [0.4, 0.5) is 0 Å². The molecule has 0 aliphatic rings. The number of alkyl halides is 2. The van der Waals surface area contributed by atoms with Crippen LogP contribution in [0, 0.1) is 0 Å². The van der Waals surface area contributed by atoms with Gasteiger partial charge in [-0.1, -0.05) is 92.5 Å². The SMILES string of the molecule is BrCC(Br)(c1ccccc1)c1ccccc1. The van der Waals surface area contributed by atoms with E-state index in [0.29, 0.717) is 0 Å². The highest BCUT2D eigenvalue weighted by Gasteiger charge is 2.29. The zero-order valence-electron chi connectivity index (χ0n) is 8.74. The van der Waals surface area contributed by atoms with Crippen LogP contribution in [0.25, 0.3) is 0 Å². The Morgan fingerprint density at radius 2 is 1.12 bits per heavy atom. The Kier molecular flexibility index (Phi) is 3.82. The Balaban J connectivity index is 2.49. The number of rotatable bonds is 3. The third-order valence-corrected chi connectivity index (χ3v) is 5.44. The Morgan fingerprint density at radius 3 is 1.44 bits per heavy atom. The highest BCUT2D eigenvalue weighted by atomic mass is 79.9. The highest BCUT2D eigenvalue weighted by molar-refractivity contribution is 9.12. The molecule has 0 bridgehead atoms. The molecule has 0 saturated heterocycles. The van der Waals surface area contributed by atoms with Gasteiger partial charge in [-0.25, -0.2) is 0 Å². The molecule has 0 fully saturated rings. The van der Waals surface area contributed by atoms with Crippen molar-refractivity contribution in [3.63, 3.8) is 0 Å². The standard InChI is InChI=1S/C14H12Br2/c15-11-14(16,12-7-3-1-4-8-12)13-9-5-2-6-10-13/h1-10H,11H2. The van der Waals surface area contributed by atoms with Crippen molar-refractivity contribution in [3.05, 3.63) is 71.8 Å². The van der Waals surface area contributed by atoms with E-state index < -0.39 is 0 Å². The predicted octanol–water partition coefficient (Wildman–Crippen LogP) is 4.72. The number of hydrogen-bond acceptors (Lipinski definition) is 0. The normalized spacial score (nSPS) is 11.4. The van der Waals surface area contributed by atoms with Crippen LogP contribution in [0.2, 0.25) is 0 Å². The topological polar surface area (TPSA) is 0 Å². The molecule has 0 saturated carbocycles. The van der Waals surface area contributed by atoms with Gasteiger partial charge < -0.3 is 0 Å². The van der Waals surface area contributed by atoms with Crippen LogP contribution in [0.15, 0.2) is 60.7 Å². The monoisotopic (exact) mass is 338 g/mol. The van der Waals surface area contributed by atoms with Gasteiger partial charge in [-0.3, -0.25) is 0 Å². The minimum atomic E-state index is -0.143. The van der Waals surface area contributed by atoms with E-state index in [4.69, 9.17) is 0 Å². The van der Waals surface area contributed by atoms with E-state index >= 15 is 0 Å². The van der Waals surface area contributed by atoms with Crippen LogP contribution in [-0.4, -0.2) is 5.33 Å². The maximum absolute atomic E-state index is 3.85. The molecule has 16 heavy (non-hydrogen) atoms. The summed E-state index contributed by atoms with van der Waals surface area (Å²) in [6.45, 7) is 0. The van der Waals surface area contributed by atoms with Gasteiger partial charge in [-0.05, 0) is 11.1 Å². The summed E-state index contributed by atoms with van der Waals surface area (Å²) in [5, 5.41) is 0.841. The Morgan fingerprint density at radius 1 is 0.750 bits per heavy atom. The maximum Gasteiger partial charge on any atom is 0.0851 e. The van der Waals surface area contributed by atoms with Crippen molar-refractivity contribution < 1.29 is 0 Å². The lowest BCUT2D eigenvalue weighted by Crippen LogP contribution is -2.21. The summed E-state index contributed by atoms with van der Waals surface area (Å²) in [5.41, 5.74) is 2.52. The molecule has 0 aliphatic carbocycles. The first-order valence-corrected chi connectivity index (χ1v) is 7.05. The van der Waals surface area contributed by atoms with Gasteiger partial charge in [0.1, 0.15) is 0 Å². The van der Waals surface area contributed by atoms with Gasteiger partial charge in [0.25, 0.3) is 0 Å². The molecule has 0 N–H and O–H groups in total.